The molecule has 3 rings (SSSR count). The maximum absolute atomic E-state index is 4.00. The summed E-state index contributed by atoms with van der Waals surface area (Å²) in [6.45, 7) is 13.3. The molecule has 0 amide bonds. The molecule has 1 nitrogen and oxygen atoms in total. The Morgan fingerprint density at radius 2 is 1.96 bits per heavy atom. The second-order valence-electron chi connectivity index (χ2n) is 7.21. The van der Waals surface area contributed by atoms with Crippen LogP contribution in [0.1, 0.15) is 40.7 Å². The molecule has 1 heteroatoms. The van der Waals surface area contributed by atoms with Gasteiger partial charge >= 0.3 is 0 Å². The smallest absolute Gasteiger partial charge is 0.0402 e. The number of hydrogen-bond acceptors (Lipinski definition) is 1. The average Bonchev–Trinajstić information content (AvgIpc) is 2.67. The highest BCUT2D eigenvalue weighted by Gasteiger charge is 2.15. The fourth-order valence-corrected chi connectivity index (χ4v) is 3.85. The normalized spacial score (nSPS) is 14.3. The maximum Gasteiger partial charge on any atom is 0.0402 e. The number of hydrogen-bond donors (Lipinski definition) is 1. The van der Waals surface area contributed by atoms with Crippen LogP contribution >= 0.6 is 0 Å². The first kappa shape index (κ1) is 19.0. The standard InChI is InChI=1S/C26H29N/c1-5-7-14-25(24(10-6-2)21-12-8-11-19(3)16-21)23-17-20(4)26-22(18-23)13-9-15-27-26/h5-8,11-12,14,16-18,27H,1-2,9-10,13,15H2,3-4H3. The second-order valence-corrected chi connectivity index (χ2v) is 7.21. The van der Waals surface area contributed by atoms with Gasteiger partial charge in [-0.2, -0.15) is 0 Å². The molecule has 1 aliphatic rings. The van der Waals surface area contributed by atoms with Crippen molar-refractivity contribution in [3.63, 3.8) is 0 Å². The highest BCUT2D eigenvalue weighted by atomic mass is 14.9. The molecule has 0 bridgehead atoms. The molecule has 1 aliphatic heterocycles. The number of anilines is 1. The Labute approximate surface area is 163 Å². The van der Waals surface area contributed by atoms with Crippen molar-refractivity contribution in [2.45, 2.75) is 33.1 Å². The van der Waals surface area contributed by atoms with E-state index < -0.39 is 0 Å². The summed E-state index contributed by atoms with van der Waals surface area (Å²) >= 11 is 0. The van der Waals surface area contributed by atoms with Crippen LogP contribution in [-0.2, 0) is 6.42 Å². The average molecular weight is 356 g/mol. The van der Waals surface area contributed by atoms with E-state index in [2.05, 4.69) is 74.8 Å². The van der Waals surface area contributed by atoms with Gasteiger partial charge in [0.25, 0.3) is 0 Å². The first-order valence-corrected chi connectivity index (χ1v) is 9.72. The quantitative estimate of drug-likeness (QED) is 0.338. The number of allylic oxidation sites excluding steroid dienone is 6. The minimum atomic E-state index is 0.828. The van der Waals surface area contributed by atoms with Crippen molar-refractivity contribution >= 4 is 16.8 Å². The summed E-state index contributed by atoms with van der Waals surface area (Å²) in [7, 11) is 0. The summed E-state index contributed by atoms with van der Waals surface area (Å²) < 4.78 is 0. The Kier molecular flexibility index (Phi) is 6.13. The minimum absolute atomic E-state index is 0.828. The molecule has 0 unspecified atom stereocenters. The van der Waals surface area contributed by atoms with Gasteiger partial charge < -0.3 is 5.32 Å². The predicted molar refractivity (Wildman–Crippen MR) is 120 cm³/mol. The zero-order valence-corrected chi connectivity index (χ0v) is 16.5. The molecule has 0 saturated heterocycles. The van der Waals surface area contributed by atoms with Crippen molar-refractivity contribution in [1.29, 1.82) is 0 Å². The lowest BCUT2D eigenvalue weighted by atomic mass is 9.88. The number of nitrogens with one attached hydrogen (secondary N) is 1. The van der Waals surface area contributed by atoms with Crippen LogP contribution in [0.4, 0.5) is 5.69 Å². The Morgan fingerprint density at radius 3 is 2.70 bits per heavy atom. The van der Waals surface area contributed by atoms with E-state index >= 15 is 0 Å². The van der Waals surface area contributed by atoms with Crippen molar-refractivity contribution in [3.05, 3.63) is 102 Å². The fraction of sp³-hybridized carbons (Fsp3) is 0.231. The number of benzene rings is 2. The summed E-state index contributed by atoms with van der Waals surface area (Å²) in [5.41, 5.74) is 10.4. The Morgan fingerprint density at radius 1 is 1.11 bits per heavy atom. The third kappa shape index (κ3) is 4.31. The number of aryl methyl sites for hydroxylation is 3. The van der Waals surface area contributed by atoms with Crippen LogP contribution in [0.5, 0.6) is 0 Å². The van der Waals surface area contributed by atoms with E-state index in [1.807, 2.05) is 18.2 Å². The molecular formula is C26H29N. The van der Waals surface area contributed by atoms with Crippen LogP contribution in [-0.4, -0.2) is 6.54 Å². The summed E-state index contributed by atoms with van der Waals surface area (Å²) in [4.78, 5) is 0. The number of fused-ring (bicyclic) bond motifs is 1. The molecule has 27 heavy (non-hydrogen) atoms. The zero-order chi connectivity index (χ0) is 19.2. The molecule has 0 radical (unpaired) electrons. The van der Waals surface area contributed by atoms with E-state index in [4.69, 9.17) is 0 Å². The highest BCUT2D eigenvalue weighted by Crippen LogP contribution is 2.35. The minimum Gasteiger partial charge on any atom is -0.385 e. The van der Waals surface area contributed by atoms with Crippen molar-refractivity contribution in [2.75, 3.05) is 11.9 Å². The molecule has 0 saturated carbocycles. The molecule has 1 N–H and O–H groups in total. The lowest BCUT2D eigenvalue weighted by Crippen LogP contribution is -2.13. The van der Waals surface area contributed by atoms with E-state index in [-0.39, 0.29) is 0 Å². The SMILES string of the molecule is C=CC=CC(=C(CC=C)c1cccc(C)c1)c1cc(C)c2c(c1)CCCN2. The van der Waals surface area contributed by atoms with E-state index in [1.54, 1.807) is 0 Å². The molecule has 0 atom stereocenters. The van der Waals surface area contributed by atoms with Crippen LogP contribution in [0.3, 0.4) is 0 Å². The van der Waals surface area contributed by atoms with Gasteiger partial charge in [0.05, 0.1) is 0 Å². The first-order chi connectivity index (χ1) is 13.1. The molecule has 1 heterocycles. The topological polar surface area (TPSA) is 12.0 Å². The summed E-state index contributed by atoms with van der Waals surface area (Å²) in [5.74, 6) is 0. The fourth-order valence-electron chi connectivity index (χ4n) is 3.85. The monoisotopic (exact) mass is 355 g/mol. The maximum atomic E-state index is 4.00. The van der Waals surface area contributed by atoms with Crippen molar-refractivity contribution in [1.82, 2.24) is 0 Å². The van der Waals surface area contributed by atoms with Crippen LogP contribution in [0.15, 0.2) is 73.9 Å². The summed E-state index contributed by atoms with van der Waals surface area (Å²) in [6, 6.07) is 13.4. The van der Waals surface area contributed by atoms with Gasteiger partial charge in [0.1, 0.15) is 0 Å². The summed E-state index contributed by atoms with van der Waals surface area (Å²) in [5, 5.41) is 3.57. The lowest BCUT2D eigenvalue weighted by molar-refractivity contribution is 0.827. The van der Waals surface area contributed by atoms with Gasteiger partial charge in [-0.15, -0.1) is 6.58 Å². The largest absolute Gasteiger partial charge is 0.385 e. The first-order valence-electron chi connectivity index (χ1n) is 9.72. The second kappa shape index (κ2) is 8.73. The van der Waals surface area contributed by atoms with Gasteiger partial charge in [-0.3, -0.25) is 0 Å². The van der Waals surface area contributed by atoms with Crippen LogP contribution in [0, 0.1) is 13.8 Å². The number of rotatable bonds is 6. The molecule has 138 valence electrons. The van der Waals surface area contributed by atoms with Crippen LogP contribution in [0.25, 0.3) is 11.1 Å². The lowest BCUT2D eigenvalue weighted by Gasteiger charge is -2.22. The molecule has 0 aliphatic carbocycles. The molecule has 2 aromatic rings. The van der Waals surface area contributed by atoms with Crippen molar-refractivity contribution in [3.8, 4) is 0 Å². The van der Waals surface area contributed by atoms with Gasteiger partial charge in [0.2, 0.25) is 0 Å². The Hall–Kier alpha value is -2.80. The van der Waals surface area contributed by atoms with Crippen molar-refractivity contribution < 1.29 is 0 Å². The highest BCUT2D eigenvalue weighted by molar-refractivity contribution is 5.96. The van der Waals surface area contributed by atoms with E-state index in [9.17, 15) is 0 Å². The molecule has 2 aromatic carbocycles. The van der Waals surface area contributed by atoms with Gasteiger partial charge in [0.15, 0.2) is 0 Å². The van der Waals surface area contributed by atoms with Gasteiger partial charge in [-0.1, -0.05) is 60.7 Å². The molecule has 0 spiro atoms. The van der Waals surface area contributed by atoms with Gasteiger partial charge in [-0.05, 0) is 78.6 Å². The van der Waals surface area contributed by atoms with Crippen LogP contribution < -0.4 is 5.32 Å². The predicted octanol–water partition coefficient (Wildman–Crippen LogP) is 6.89. The molecule has 0 fully saturated rings. The molecule has 0 aromatic heterocycles. The summed E-state index contributed by atoms with van der Waals surface area (Å²) in [6.07, 6.45) is 11.2. The van der Waals surface area contributed by atoms with Crippen LogP contribution in [0.2, 0.25) is 0 Å². The van der Waals surface area contributed by atoms with E-state index in [1.165, 1.54) is 51.1 Å². The molecular weight excluding hydrogens is 326 g/mol. The van der Waals surface area contributed by atoms with Gasteiger partial charge in [-0.25, -0.2) is 0 Å². The Balaban J connectivity index is 2.24. The third-order valence-electron chi connectivity index (χ3n) is 5.09. The third-order valence-corrected chi connectivity index (χ3v) is 5.09. The zero-order valence-electron chi connectivity index (χ0n) is 16.5. The van der Waals surface area contributed by atoms with Crippen molar-refractivity contribution in [2.24, 2.45) is 0 Å². The van der Waals surface area contributed by atoms with E-state index in [0.29, 0.717) is 0 Å². The van der Waals surface area contributed by atoms with Gasteiger partial charge in [0, 0.05) is 12.2 Å². The van der Waals surface area contributed by atoms with E-state index in [0.717, 1.165) is 19.4 Å². The Bertz CT molecular complexity index is 912.